The molecule has 1 atom stereocenters. The number of aromatic nitrogens is 1. The first-order valence-corrected chi connectivity index (χ1v) is 6.80. The van der Waals surface area contributed by atoms with Crippen molar-refractivity contribution in [3.8, 4) is 5.75 Å². The third-order valence-corrected chi connectivity index (χ3v) is 3.53. The molecular weight excluding hydrogens is 254 g/mol. The fraction of sp³-hybridized carbons (Fsp3) is 0.400. The molecule has 1 saturated heterocycles. The molecule has 1 unspecified atom stereocenters. The van der Waals surface area contributed by atoms with Gasteiger partial charge < -0.3 is 20.1 Å². The number of nitrogen functional groups attached to an aromatic ring is 1. The van der Waals surface area contributed by atoms with E-state index in [-0.39, 0.29) is 6.10 Å². The van der Waals surface area contributed by atoms with Crippen LogP contribution in [0.1, 0.15) is 0 Å². The van der Waals surface area contributed by atoms with Gasteiger partial charge in [0.2, 0.25) is 0 Å². The number of likely N-dealkylation sites (N-methyl/N-ethyl adjacent to an activating group) is 1. The lowest BCUT2D eigenvalue weighted by Gasteiger charge is -2.29. The molecule has 2 N–H and O–H groups in total. The Morgan fingerprint density at radius 2 is 2.35 bits per heavy atom. The molecule has 20 heavy (non-hydrogen) atoms. The lowest BCUT2D eigenvalue weighted by Crippen LogP contribution is -2.42. The molecule has 5 heteroatoms. The maximum absolute atomic E-state index is 5.93. The summed E-state index contributed by atoms with van der Waals surface area (Å²) < 4.78 is 11.6. The number of benzene rings is 1. The zero-order valence-corrected chi connectivity index (χ0v) is 11.6. The minimum absolute atomic E-state index is 0.109. The molecule has 1 aliphatic heterocycles. The van der Waals surface area contributed by atoms with Gasteiger partial charge in [0.05, 0.1) is 17.8 Å². The Labute approximate surface area is 118 Å². The van der Waals surface area contributed by atoms with Gasteiger partial charge in [0.15, 0.2) is 0 Å². The topological polar surface area (TPSA) is 60.6 Å². The van der Waals surface area contributed by atoms with Crippen LogP contribution in [0.15, 0.2) is 30.5 Å². The minimum atomic E-state index is 0.109. The molecule has 1 fully saturated rings. The first-order chi connectivity index (χ1) is 9.74. The summed E-state index contributed by atoms with van der Waals surface area (Å²) in [6, 6.07) is 7.59. The van der Waals surface area contributed by atoms with Crippen molar-refractivity contribution in [2.75, 3.05) is 39.1 Å². The normalized spacial score (nSPS) is 20.1. The number of hydrogen-bond acceptors (Lipinski definition) is 5. The van der Waals surface area contributed by atoms with Gasteiger partial charge in [-0.05, 0) is 31.3 Å². The van der Waals surface area contributed by atoms with Gasteiger partial charge in [-0.3, -0.25) is 4.98 Å². The molecule has 0 amide bonds. The van der Waals surface area contributed by atoms with Crippen LogP contribution in [0.25, 0.3) is 10.9 Å². The summed E-state index contributed by atoms with van der Waals surface area (Å²) in [6.45, 7) is 3.17. The van der Waals surface area contributed by atoms with Crippen LogP contribution in [-0.4, -0.2) is 49.3 Å². The fourth-order valence-corrected chi connectivity index (χ4v) is 2.44. The number of nitrogens with zero attached hydrogens (tertiary/aromatic N) is 2. The van der Waals surface area contributed by atoms with Crippen LogP contribution < -0.4 is 10.5 Å². The fourth-order valence-electron chi connectivity index (χ4n) is 2.44. The van der Waals surface area contributed by atoms with Gasteiger partial charge >= 0.3 is 0 Å². The molecule has 2 heterocycles. The van der Waals surface area contributed by atoms with Gasteiger partial charge in [0.25, 0.3) is 0 Å². The van der Waals surface area contributed by atoms with E-state index in [0.29, 0.717) is 12.3 Å². The van der Waals surface area contributed by atoms with E-state index in [0.717, 1.165) is 36.3 Å². The van der Waals surface area contributed by atoms with Gasteiger partial charge in [-0.15, -0.1) is 0 Å². The van der Waals surface area contributed by atoms with E-state index in [1.807, 2.05) is 24.3 Å². The number of anilines is 1. The highest BCUT2D eigenvalue weighted by Gasteiger charge is 2.18. The van der Waals surface area contributed by atoms with E-state index in [1.165, 1.54) is 0 Å². The number of ether oxygens (including phenoxy) is 2. The van der Waals surface area contributed by atoms with E-state index < -0.39 is 0 Å². The monoisotopic (exact) mass is 273 g/mol. The molecule has 0 saturated carbocycles. The largest absolute Gasteiger partial charge is 0.490 e. The molecule has 1 aromatic carbocycles. The number of pyridine rings is 1. The average molecular weight is 273 g/mol. The van der Waals surface area contributed by atoms with E-state index in [4.69, 9.17) is 15.2 Å². The second kappa shape index (κ2) is 5.64. The van der Waals surface area contributed by atoms with Crippen molar-refractivity contribution >= 4 is 16.6 Å². The van der Waals surface area contributed by atoms with Gasteiger partial charge in [0.1, 0.15) is 18.5 Å². The highest BCUT2D eigenvalue weighted by Crippen LogP contribution is 2.28. The van der Waals surface area contributed by atoms with Crippen molar-refractivity contribution in [1.29, 1.82) is 0 Å². The van der Waals surface area contributed by atoms with Crippen molar-refractivity contribution in [3.63, 3.8) is 0 Å². The first kappa shape index (κ1) is 13.1. The summed E-state index contributed by atoms with van der Waals surface area (Å²) in [6.07, 6.45) is 1.85. The highest BCUT2D eigenvalue weighted by atomic mass is 16.5. The Morgan fingerprint density at radius 1 is 1.45 bits per heavy atom. The summed E-state index contributed by atoms with van der Waals surface area (Å²) in [4.78, 5) is 6.55. The third-order valence-electron chi connectivity index (χ3n) is 3.53. The smallest absolute Gasteiger partial charge is 0.128 e. The van der Waals surface area contributed by atoms with Crippen molar-refractivity contribution in [2.45, 2.75) is 6.10 Å². The SMILES string of the molecule is CN1CCOC(COc2ccc(N)c3ncccc23)C1. The lowest BCUT2D eigenvalue weighted by molar-refractivity contribution is -0.0401. The molecule has 1 aromatic heterocycles. The molecule has 3 rings (SSSR count). The molecular formula is C15H19N3O2. The molecule has 0 bridgehead atoms. The molecule has 106 valence electrons. The van der Waals surface area contributed by atoms with Crippen LogP contribution in [-0.2, 0) is 4.74 Å². The Morgan fingerprint density at radius 3 is 3.20 bits per heavy atom. The second-order valence-electron chi connectivity index (χ2n) is 5.12. The summed E-state index contributed by atoms with van der Waals surface area (Å²) in [5.74, 6) is 0.805. The van der Waals surface area contributed by atoms with Crippen molar-refractivity contribution < 1.29 is 9.47 Å². The lowest BCUT2D eigenvalue weighted by atomic mass is 10.1. The number of nitrogens with two attached hydrogens (primary N) is 1. The van der Waals surface area contributed by atoms with Crippen molar-refractivity contribution in [3.05, 3.63) is 30.5 Å². The molecule has 1 aliphatic rings. The van der Waals surface area contributed by atoms with E-state index in [9.17, 15) is 0 Å². The van der Waals surface area contributed by atoms with E-state index in [2.05, 4.69) is 16.9 Å². The van der Waals surface area contributed by atoms with Gasteiger partial charge in [-0.1, -0.05) is 0 Å². The second-order valence-corrected chi connectivity index (χ2v) is 5.12. The van der Waals surface area contributed by atoms with Crippen LogP contribution in [0.3, 0.4) is 0 Å². The van der Waals surface area contributed by atoms with E-state index >= 15 is 0 Å². The molecule has 0 spiro atoms. The van der Waals surface area contributed by atoms with Crippen LogP contribution in [0.5, 0.6) is 5.75 Å². The Balaban J connectivity index is 1.76. The van der Waals surface area contributed by atoms with Crippen LogP contribution in [0.2, 0.25) is 0 Å². The third kappa shape index (κ3) is 2.69. The Kier molecular flexibility index (Phi) is 3.71. The Hall–Kier alpha value is -1.85. The maximum atomic E-state index is 5.93. The summed E-state index contributed by atoms with van der Waals surface area (Å²) >= 11 is 0. The zero-order valence-electron chi connectivity index (χ0n) is 11.6. The predicted octanol–water partition coefficient (Wildman–Crippen LogP) is 1.53. The van der Waals surface area contributed by atoms with Crippen LogP contribution in [0.4, 0.5) is 5.69 Å². The molecule has 0 radical (unpaired) electrons. The molecule has 5 nitrogen and oxygen atoms in total. The number of rotatable bonds is 3. The first-order valence-electron chi connectivity index (χ1n) is 6.80. The van der Waals surface area contributed by atoms with Gasteiger partial charge in [0, 0.05) is 24.7 Å². The summed E-state index contributed by atoms with van der Waals surface area (Å²) in [5, 5.41) is 0.941. The average Bonchev–Trinajstić information content (AvgIpc) is 2.47. The van der Waals surface area contributed by atoms with Crippen LogP contribution in [0, 0.1) is 0 Å². The zero-order chi connectivity index (χ0) is 13.9. The summed E-state index contributed by atoms with van der Waals surface area (Å²) in [7, 11) is 2.10. The standard InChI is InChI=1S/C15H19N3O2/c1-18-7-8-19-11(9-18)10-20-14-5-4-13(16)15-12(14)3-2-6-17-15/h2-6,11H,7-10,16H2,1H3. The summed E-state index contributed by atoms with van der Waals surface area (Å²) in [5.41, 5.74) is 7.38. The predicted molar refractivity (Wildman–Crippen MR) is 78.9 cm³/mol. The van der Waals surface area contributed by atoms with Crippen molar-refractivity contribution in [1.82, 2.24) is 9.88 Å². The van der Waals surface area contributed by atoms with Gasteiger partial charge in [-0.25, -0.2) is 0 Å². The Bertz CT molecular complexity index is 603. The quantitative estimate of drug-likeness (QED) is 0.859. The molecule has 2 aromatic rings. The van der Waals surface area contributed by atoms with Crippen LogP contribution >= 0.6 is 0 Å². The molecule has 0 aliphatic carbocycles. The van der Waals surface area contributed by atoms with E-state index in [1.54, 1.807) is 6.20 Å². The minimum Gasteiger partial charge on any atom is -0.490 e. The number of morpholine rings is 1. The number of fused-ring (bicyclic) bond motifs is 1. The van der Waals surface area contributed by atoms with Gasteiger partial charge in [-0.2, -0.15) is 0 Å². The number of hydrogen-bond donors (Lipinski definition) is 1. The highest BCUT2D eigenvalue weighted by molar-refractivity contribution is 5.93. The maximum Gasteiger partial charge on any atom is 0.128 e. The van der Waals surface area contributed by atoms with Crippen molar-refractivity contribution in [2.24, 2.45) is 0 Å².